The second-order valence-corrected chi connectivity index (χ2v) is 7.66. The summed E-state index contributed by atoms with van der Waals surface area (Å²) in [7, 11) is 0. The van der Waals surface area contributed by atoms with Crippen LogP contribution >= 0.6 is 22.7 Å². The minimum atomic E-state index is -0.502. The first-order chi connectivity index (χ1) is 11.0. The molecule has 0 atom stereocenters. The molecule has 0 saturated carbocycles. The molecular weight excluding hydrogens is 328 g/mol. The summed E-state index contributed by atoms with van der Waals surface area (Å²) >= 11 is 3.32. The van der Waals surface area contributed by atoms with Crippen molar-refractivity contribution in [3.63, 3.8) is 0 Å². The van der Waals surface area contributed by atoms with Gasteiger partial charge >= 0.3 is 0 Å². The van der Waals surface area contributed by atoms with Crippen molar-refractivity contribution in [1.82, 2.24) is 4.90 Å². The molecule has 0 radical (unpaired) electrons. The van der Waals surface area contributed by atoms with Gasteiger partial charge in [-0.05, 0) is 44.6 Å². The van der Waals surface area contributed by atoms with Crippen LogP contribution in [0.3, 0.4) is 0 Å². The molecule has 1 aliphatic heterocycles. The summed E-state index contributed by atoms with van der Waals surface area (Å²) < 4.78 is 2.38. The third-order valence-corrected chi connectivity index (χ3v) is 5.93. The summed E-state index contributed by atoms with van der Waals surface area (Å²) in [5, 5.41) is 9.24. The Kier molecular flexibility index (Phi) is 3.92. The van der Waals surface area contributed by atoms with Crippen LogP contribution in [-0.4, -0.2) is 23.3 Å². The van der Waals surface area contributed by atoms with Gasteiger partial charge in [-0.3, -0.25) is 14.5 Å². The molecule has 0 aromatic carbocycles. The van der Waals surface area contributed by atoms with Crippen LogP contribution in [-0.2, 0) is 9.59 Å². The van der Waals surface area contributed by atoms with Gasteiger partial charge in [0.15, 0.2) is 0 Å². The minimum absolute atomic E-state index is 0.0481. The van der Waals surface area contributed by atoms with Crippen LogP contribution in [0.15, 0.2) is 28.9 Å². The van der Waals surface area contributed by atoms with Gasteiger partial charge in [0.05, 0.1) is 0 Å². The normalized spacial score (nSPS) is 17.5. The van der Waals surface area contributed by atoms with E-state index < -0.39 is 5.91 Å². The average Bonchev–Trinajstić information content (AvgIpc) is 3.01. The first kappa shape index (κ1) is 15.7. The van der Waals surface area contributed by atoms with Crippen LogP contribution in [0.4, 0.5) is 0 Å². The Hall–Kier alpha value is -2.23. The fraction of sp³-hybridized carbons (Fsp3) is 0.235. The number of thiophene rings is 2. The first-order valence-electron chi connectivity index (χ1n) is 7.15. The lowest BCUT2D eigenvalue weighted by Gasteiger charge is -2.26. The SMILES string of the molecule is CCN1C(=O)C(C#N)=C(C)/C(=C/c2cc3sc(C)cc3s2)C1=O. The number of hydrogen-bond acceptors (Lipinski definition) is 5. The number of aryl methyl sites for hydroxylation is 1. The van der Waals surface area contributed by atoms with Gasteiger partial charge in [0.25, 0.3) is 11.8 Å². The number of carbonyl (C=O) groups excluding carboxylic acids is 2. The summed E-state index contributed by atoms with van der Waals surface area (Å²) in [5.74, 6) is -0.834. The Bertz CT molecular complexity index is 906. The van der Waals surface area contributed by atoms with Gasteiger partial charge in [-0.1, -0.05) is 0 Å². The molecule has 3 heterocycles. The van der Waals surface area contributed by atoms with Crippen LogP contribution in [0, 0.1) is 18.3 Å². The number of imide groups is 1. The first-order valence-corrected chi connectivity index (χ1v) is 8.78. The Morgan fingerprint density at radius 2 is 1.87 bits per heavy atom. The molecule has 2 amide bonds. The number of rotatable bonds is 2. The molecule has 0 bridgehead atoms. The molecule has 2 aromatic rings. The Labute approximate surface area is 141 Å². The van der Waals surface area contributed by atoms with Gasteiger partial charge in [-0.2, -0.15) is 5.26 Å². The number of hydrogen-bond donors (Lipinski definition) is 0. The predicted molar refractivity (Wildman–Crippen MR) is 93.1 cm³/mol. The standard InChI is InChI=1S/C17H14N2O2S2/c1-4-19-16(20)12(10(3)13(8-18)17(19)21)6-11-7-15-14(23-11)5-9(2)22-15/h5-7H,4H2,1-3H3/b12-6-. The maximum atomic E-state index is 12.6. The zero-order valence-corrected chi connectivity index (χ0v) is 14.6. The molecule has 0 saturated heterocycles. The molecule has 0 spiro atoms. The van der Waals surface area contributed by atoms with Gasteiger partial charge in [0.2, 0.25) is 0 Å². The maximum absolute atomic E-state index is 12.6. The van der Waals surface area contributed by atoms with E-state index in [9.17, 15) is 14.9 Å². The largest absolute Gasteiger partial charge is 0.274 e. The lowest BCUT2D eigenvalue weighted by Crippen LogP contribution is -2.42. The van der Waals surface area contributed by atoms with Crippen molar-refractivity contribution in [2.45, 2.75) is 20.8 Å². The lowest BCUT2D eigenvalue weighted by molar-refractivity contribution is -0.140. The second kappa shape index (κ2) is 5.76. The van der Waals surface area contributed by atoms with Crippen molar-refractivity contribution < 1.29 is 9.59 Å². The van der Waals surface area contributed by atoms with Crippen LogP contribution in [0.2, 0.25) is 0 Å². The van der Waals surface area contributed by atoms with E-state index in [2.05, 4.69) is 13.0 Å². The second-order valence-electron chi connectivity index (χ2n) is 5.26. The Balaban J connectivity index is 2.13. The molecule has 0 N–H and O–H groups in total. The highest BCUT2D eigenvalue weighted by molar-refractivity contribution is 7.28. The number of amides is 2. The van der Waals surface area contributed by atoms with E-state index in [-0.39, 0.29) is 18.0 Å². The highest BCUT2D eigenvalue weighted by atomic mass is 32.1. The molecule has 2 aromatic heterocycles. The highest BCUT2D eigenvalue weighted by Gasteiger charge is 2.34. The topological polar surface area (TPSA) is 61.2 Å². The maximum Gasteiger partial charge on any atom is 0.271 e. The van der Waals surface area contributed by atoms with Gasteiger partial charge in [0.1, 0.15) is 11.6 Å². The Morgan fingerprint density at radius 1 is 1.17 bits per heavy atom. The van der Waals surface area contributed by atoms with Crippen molar-refractivity contribution >= 4 is 50.0 Å². The van der Waals surface area contributed by atoms with Crippen LogP contribution < -0.4 is 0 Å². The lowest BCUT2D eigenvalue weighted by atomic mass is 9.95. The van der Waals surface area contributed by atoms with Gasteiger partial charge < -0.3 is 0 Å². The van der Waals surface area contributed by atoms with Crippen LogP contribution in [0.25, 0.3) is 15.5 Å². The van der Waals surface area contributed by atoms with E-state index in [1.807, 2.05) is 12.1 Å². The zero-order chi connectivity index (χ0) is 16.7. The fourth-order valence-corrected chi connectivity index (χ4v) is 4.88. The van der Waals surface area contributed by atoms with Crippen molar-refractivity contribution in [3.05, 3.63) is 38.6 Å². The molecule has 0 aliphatic carbocycles. The van der Waals surface area contributed by atoms with Crippen LogP contribution in [0.1, 0.15) is 23.6 Å². The monoisotopic (exact) mass is 342 g/mol. The average molecular weight is 342 g/mol. The van der Waals surface area contributed by atoms with Gasteiger partial charge in [-0.15, -0.1) is 22.7 Å². The summed E-state index contributed by atoms with van der Waals surface area (Å²) in [5.41, 5.74) is 0.931. The molecule has 116 valence electrons. The van der Waals surface area contributed by atoms with E-state index in [0.717, 1.165) is 9.78 Å². The molecule has 1 aliphatic rings. The molecule has 3 rings (SSSR count). The molecule has 23 heavy (non-hydrogen) atoms. The highest BCUT2D eigenvalue weighted by Crippen LogP contribution is 2.35. The van der Waals surface area contributed by atoms with Crippen molar-refractivity contribution in [1.29, 1.82) is 5.26 Å². The van der Waals surface area contributed by atoms with E-state index in [4.69, 9.17) is 0 Å². The molecular formula is C17H14N2O2S2. The fourth-order valence-electron chi connectivity index (χ4n) is 2.61. The summed E-state index contributed by atoms with van der Waals surface area (Å²) in [6.45, 7) is 5.71. The molecule has 6 heteroatoms. The predicted octanol–water partition coefficient (Wildman–Crippen LogP) is 3.88. The Morgan fingerprint density at radius 3 is 2.48 bits per heavy atom. The number of nitriles is 1. The summed E-state index contributed by atoms with van der Waals surface area (Å²) in [6, 6.07) is 6.11. The van der Waals surface area contributed by atoms with E-state index in [1.165, 1.54) is 14.3 Å². The van der Waals surface area contributed by atoms with Crippen molar-refractivity contribution in [3.8, 4) is 6.07 Å². The third kappa shape index (κ3) is 2.52. The zero-order valence-electron chi connectivity index (χ0n) is 13.0. The van der Waals surface area contributed by atoms with Crippen molar-refractivity contribution in [2.24, 2.45) is 0 Å². The van der Waals surface area contributed by atoms with Crippen LogP contribution in [0.5, 0.6) is 0 Å². The van der Waals surface area contributed by atoms with Gasteiger partial charge in [-0.25, -0.2) is 0 Å². The van der Waals surface area contributed by atoms with E-state index >= 15 is 0 Å². The summed E-state index contributed by atoms with van der Waals surface area (Å²) in [4.78, 5) is 28.0. The number of likely N-dealkylation sites (N-methyl/N-ethyl adjacent to an activating group) is 1. The number of nitrogens with zero attached hydrogens (tertiary/aromatic N) is 2. The number of carbonyl (C=O) groups is 2. The molecule has 0 unspecified atom stereocenters. The molecule has 4 nitrogen and oxygen atoms in total. The van der Waals surface area contributed by atoms with Gasteiger partial charge in [0, 0.05) is 31.3 Å². The third-order valence-electron chi connectivity index (χ3n) is 3.78. The van der Waals surface area contributed by atoms with E-state index in [1.54, 1.807) is 42.6 Å². The molecule has 0 fully saturated rings. The summed E-state index contributed by atoms with van der Waals surface area (Å²) in [6.07, 6.45) is 1.79. The minimum Gasteiger partial charge on any atom is -0.274 e. The number of fused-ring (bicyclic) bond motifs is 1. The van der Waals surface area contributed by atoms with E-state index in [0.29, 0.717) is 11.1 Å². The quantitative estimate of drug-likeness (QED) is 0.614. The van der Waals surface area contributed by atoms with Crippen molar-refractivity contribution in [2.75, 3.05) is 6.54 Å². The smallest absolute Gasteiger partial charge is 0.271 e.